The largest absolute Gasteiger partial charge is 0.448 e. The lowest BCUT2D eigenvalue weighted by Crippen LogP contribution is -2.43. The second-order valence-electron chi connectivity index (χ2n) is 8.79. The van der Waals surface area contributed by atoms with Gasteiger partial charge < -0.3 is 20.7 Å². The molecule has 3 N–H and O–H groups in total. The Morgan fingerprint density at radius 2 is 1.44 bits per heavy atom. The van der Waals surface area contributed by atoms with Crippen LogP contribution in [0.4, 0.5) is 16.2 Å². The number of nitrogen functional groups attached to an aromatic ring is 1. The fourth-order valence-electron chi connectivity index (χ4n) is 4.31. The van der Waals surface area contributed by atoms with Gasteiger partial charge >= 0.3 is 6.09 Å². The summed E-state index contributed by atoms with van der Waals surface area (Å²) >= 11 is 0. The number of para-hydroxylation sites is 2. The predicted octanol–water partition coefficient (Wildman–Crippen LogP) is 4.98. The van der Waals surface area contributed by atoms with Crippen LogP contribution in [0.2, 0.25) is 0 Å². The minimum Gasteiger partial charge on any atom is -0.448 e. The normalized spacial score (nSPS) is 14.2. The van der Waals surface area contributed by atoms with Crippen molar-refractivity contribution in [3.63, 3.8) is 0 Å². The highest BCUT2D eigenvalue weighted by Gasteiger charge is 2.24. The molecule has 1 aliphatic rings. The Labute approximate surface area is 202 Å². The average Bonchev–Trinajstić information content (AvgIpc) is 2.87. The Morgan fingerprint density at radius 3 is 2.03 bits per heavy atom. The van der Waals surface area contributed by atoms with E-state index in [0.29, 0.717) is 32.3 Å². The fraction of sp³-hybridized carbons (Fsp3) is 0.321. The van der Waals surface area contributed by atoms with Gasteiger partial charge in [0, 0.05) is 38.8 Å². The summed E-state index contributed by atoms with van der Waals surface area (Å²) in [6.45, 7) is 4.04. The maximum Gasteiger partial charge on any atom is 0.409 e. The van der Waals surface area contributed by atoms with Gasteiger partial charge in [-0.25, -0.2) is 4.79 Å². The smallest absolute Gasteiger partial charge is 0.409 e. The predicted molar refractivity (Wildman–Crippen MR) is 137 cm³/mol. The van der Waals surface area contributed by atoms with Crippen LogP contribution in [0.15, 0.2) is 84.9 Å². The lowest BCUT2D eigenvalue weighted by molar-refractivity contribution is 0.0811. The number of hydrogen-bond acceptors (Lipinski definition) is 5. The first-order valence-corrected chi connectivity index (χ1v) is 12.0. The molecule has 3 aromatic rings. The van der Waals surface area contributed by atoms with Gasteiger partial charge in [-0.15, -0.1) is 0 Å². The Bertz CT molecular complexity index is 979. The van der Waals surface area contributed by atoms with Crippen LogP contribution in [0.1, 0.15) is 24.0 Å². The number of carbonyl (C=O) groups excluding carboxylic acids is 1. The SMILES string of the molecule is Nc1ccccc1NC1CCN(C(=O)OCCN(Cc2ccccc2)Cc2ccccc2)CC1. The Balaban J connectivity index is 1.23. The summed E-state index contributed by atoms with van der Waals surface area (Å²) in [4.78, 5) is 16.8. The van der Waals surface area contributed by atoms with E-state index >= 15 is 0 Å². The number of amides is 1. The highest BCUT2D eigenvalue weighted by Crippen LogP contribution is 2.22. The summed E-state index contributed by atoms with van der Waals surface area (Å²) in [6, 6.07) is 28.9. The highest BCUT2D eigenvalue weighted by atomic mass is 16.6. The molecule has 178 valence electrons. The van der Waals surface area contributed by atoms with Crippen molar-refractivity contribution in [3.8, 4) is 0 Å². The van der Waals surface area contributed by atoms with Gasteiger partial charge in [-0.2, -0.15) is 0 Å². The van der Waals surface area contributed by atoms with Gasteiger partial charge in [-0.05, 0) is 36.1 Å². The molecule has 1 aliphatic heterocycles. The summed E-state index contributed by atoms with van der Waals surface area (Å²) in [5.41, 5.74) is 10.2. The molecule has 0 saturated carbocycles. The number of carbonyl (C=O) groups is 1. The summed E-state index contributed by atoms with van der Waals surface area (Å²) in [5, 5.41) is 3.50. The molecule has 0 bridgehead atoms. The number of hydrogen-bond donors (Lipinski definition) is 2. The number of piperidine rings is 1. The van der Waals surface area contributed by atoms with Crippen LogP contribution in [0.5, 0.6) is 0 Å². The van der Waals surface area contributed by atoms with Crippen LogP contribution in [-0.2, 0) is 17.8 Å². The van der Waals surface area contributed by atoms with Gasteiger partial charge in [0.2, 0.25) is 0 Å². The first kappa shape index (κ1) is 23.6. The molecule has 0 spiro atoms. The van der Waals surface area contributed by atoms with Gasteiger partial charge in [0.05, 0.1) is 11.4 Å². The second-order valence-corrected chi connectivity index (χ2v) is 8.79. The van der Waals surface area contributed by atoms with Gasteiger partial charge in [0.1, 0.15) is 6.61 Å². The molecule has 1 fully saturated rings. The number of benzene rings is 3. The molecule has 6 heteroatoms. The van der Waals surface area contributed by atoms with Gasteiger partial charge in [0.25, 0.3) is 0 Å². The molecule has 0 unspecified atom stereocenters. The van der Waals surface area contributed by atoms with Crippen molar-refractivity contribution in [3.05, 3.63) is 96.1 Å². The van der Waals surface area contributed by atoms with E-state index < -0.39 is 0 Å². The zero-order valence-corrected chi connectivity index (χ0v) is 19.6. The van der Waals surface area contributed by atoms with Crippen molar-refractivity contribution in [2.45, 2.75) is 32.0 Å². The van der Waals surface area contributed by atoms with Crippen molar-refractivity contribution in [1.29, 1.82) is 0 Å². The third kappa shape index (κ3) is 6.99. The van der Waals surface area contributed by atoms with E-state index in [0.717, 1.165) is 37.3 Å². The van der Waals surface area contributed by atoms with E-state index in [1.54, 1.807) is 0 Å². The molecular weight excluding hydrogens is 424 g/mol. The Hall–Kier alpha value is -3.51. The summed E-state index contributed by atoms with van der Waals surface area (Å²) in [7, 11) is 0. The Kier molecular flexibility index (Phi) is 8.41. The van der Waals surface area contributed by atoms with Crippen LogP contribution in [0.25, 0.3) is 0 Å². The van der Waals surface area contributed by atoms with Crippen LogP contribution in [-0.4, -0.2) is 48.2 Å². The lowest BCUT2D eigenvalue weighted by atomic mass is 10.0. The summed E-state index contributed by atoms with van der Waals surface area (Å²) in [6.07, 6.45) is 1.52. The van der Waals surface area contributed by atoms with Gasteiger partial charge in [0.15, 0.2) is 0 Å². The minimum absolute atomic E-state index is 0.225. The molecule has 0 aromatic heterocycles. The first-order valence-electron chi connectivity index (χ1n) is 12.0. The van der Waals surface area contributed by atoms with Crippen LogP contribution in [0.3, 0.4) is 0 Å². The summed E-state index contributed by atoms with van der Waals surface area (Å²) < 4.78 is 5.66. The number of anilines is 2. The number of rotatable bonds is 9. The second kappa shape index (κ2) is 12.1. The molecule has 0 aliphatic carbocycles. The van der Waals surface area contributed by atoms with Gasteiger partial charge in [-0.1, -0.05) is 72.8 Å². The van der Waals surface area contributed by atoms with E-state index in [9.17, 15) is 4.79 Å². The molecule has 1 amide bonds. The molecular formula is C28H34N4O2. The molecule has 4 rings (SSSR count). The van der Waals surface area contributed by atoms with E-state index in [1.165, 1.54) is 11.1 Å². The third-order valence-corrected chi connectivity index (χ3v) is 6.20. The van der Waals surface area contributed by atoms with Crippen molar-refractivity contribution < 1.29 is 9.53 Å². The molecule has 0 atom stereocenters. The molecule has 6 nitrogen and oxygen atoms in total. The first-order chi connectivity index (χ1) is 16.7. The standard InChI is InChI=1S/C28H34N4O2/c29-26-13-7-8-14-27(26)30-25-15-17-32(18-16-25)28(33)34-20-19-31(21-23-9-3-1-4-10-23)22-24-11-5-2-6-12-24/h1-14,25,30H,15-22,29H2. The average molecular weight is 459 g/mol. The van der Waals surface area contributed by atoms with Crippen molar-refractivity contribution >= 4 is 17.5 Å². The number of likely N-dealkylation sites (tertiary alicyclic amines) is 1. The number of nitrogens with zero attached hydrogens (tertiary/aromatic N) is 2. The number of ether oxygens (including phenoxy) is 1. The monoisotopic (exact) mass is 458 g/mol. The number of nitrogens with two attached hydrogens (primary N) is 1. The van der Waals surface area contributed by atoms with Crippen LogP contribution >= 0.6 is 0 Å². The zero-order valence-electron chi connectivity index (χ0n) is 19.6. The number of nitrogens with one attached hydrogen (secondary N) is 1. The van der Waals surface area contributed by atoms with Crippen molar-refractivity contribution in [2.24, 2.45) is 0 Å². The third-order valence-electron chi connectivity index (χ3n) is 6.20. The van der Waals surface area contributed by atoms with E-state index in [2.05, 4.69) is 58.7 Å². The lowest BCUT2D eigenvalue weighted by Gasteiger charge is -2.32. The molecule has 0 radical (unpaired) electrons. The highest BCUT2D eigenvalue weighted by molar-refractivity contribution is 5.68. The quantitative estimate of drug-likeness (QED) is 0.442. The Morgan fingerprint density at radius 1 is 0.882 bits per heavy atom. The van der Waals surface area contributed by atoms with E-state index in [-0.39, 0.29) is 6.09 Å². The van der Waals surface area contributed by atoms with Crippen LogP contribution < -0.4 is 11.1 Å². The molecule has 3 aromatic carbocycles. The van der Waals surface area contributed by atoms with Gasteiger partial charge in [-0.3, -0.25) is 4.90 Å². The summed E-state index contributed by atoms with van der Waals surface area (Å²) in [5.74, 6) is 0. The van der Waals surface area contributed by atoms with Crippen molar-refractivity contribution in [2.75, 3.05) is 37.3 Å². The minimum atomic E-state index is -0.225. The maximum absolute atomic E-state index is 12.7. The fourth-order valence-corrected chi connectivity index (χ4v) is 4.31. The van der Waals surface area contributed by atoms with E-state index in [1.807, 2.05) is 41.3 Å². The van der Waals surface area contributed by atoms with Crippen LogP contribution in [0, 0.1) is 0 Å². The zero-order chi connectivity index (χ0) is 23.6. The maximum atomic E-state index is 12.7. The van der Waals surface area contributed by atoms with Crippen molar-refractivity contribution in [1.82, 2.24) is 9.80 Å². The topological polar surface area (TPSA) is 70.8 Å². The molecule has 1 heterocycles. The molecule has 34 heavy (non-hydrogen) atoms. The van der Waals surface area contributed by atoms with E-state index in [4.69, 9.17) is 10.5 Å². The molecule has 1 saturated heterocycles.